The predicted octanol–water partition coefficient (Wildman–Crippen LogP) is 3.44. The van der Waals surface area contributed by atoms with Crippen LogP contribution in [0.25, 0.3) is 21.5 Å². The van der Waals surface area contributed by atoms with Gasteiger partial charge >= 0.3 is 0 Å². The topological polar surface area (TPSA) is 76.1 Å². The molecule has 3 rings (SSSR count). The summed E-state index contributed by atoms with van der Waals surface area (Å²) < 4.78 is 10.9. The summed E-state index contributed by atoms with van der Waals surface area (Å²) in [4.78, 5) is 17.0. The van der Waals surface area contributed by atoms with E-state index in [1.807, 2.05) is 25.3 Å². The van der Waals surface area contributed by atoms with Gasteiger partial charge in [0.1, 0.15) is 28.7 Å². The molecule has 5 nitrogen and oxygen atoms in total. The van der Waals surface area contributed by atoms with Crippen LogP contribution in [-0.4, -0.2) is 11.6 Å². The van der Waals surface area contributed by atoms with Crippen LogP contribution in [0.2, 0.25) is 0 Å². The van der Waals surface area contributed by atoms with Gasteiger partial charge in [-0.25, -0.2) is 4.98 Å². The number of nitriles is 1. The number of nitrogens with zero attached hydrogens (tertiary/aromatic N) is 2. The van der Waals surface area contributed by atoms with Crippen LogP contribution in [0.3, 0.4) is 0 Å². The number of rotatable bonds is 3. The molecule has 0 saturated heterocycles. The van der Waals surface area contributed by atoms with Crippen LogP contribution in [-0.2, 0) is 0 Å². The van der Waals surface area contributed by atoms with Gasteiger partial charge in [0.05, 0.1) is 10.9 Å². The van der Waals surface area contributed by atoms with Gasteiger partial charge < -0.3 is 9.15 Å². The van der Waals surface area contributed by atoms with Crippen LogP contribution in [0, 0.1) is 25.2 Å². The van der Waals surface area contributed by atoms with Crippen molar-refractivity contribution < 1.29 is 9.15 Å². The molecule has 0 unspecified atom stereocenters. The molecule has 0 atom stereocenters. The fourth-order valence-corrected chi connectivity index (χ4v) is 3.04. The Hall–Kier alpha value is -2.65. The van der Waals surface area contributed by atoms with Crippen molar-refractivity contribution in [2.24, 2.45) is 0 Å². The lowest BCUT2D eigenvalue weighted by atomic mass is 10.1. The summed E-state index contributed by atoms with van der Waals surface area (Å²) in [6.45, 7) is 3.65. The van der Waals surface area contributed by atoms with Gasteiger partial charge in [-0.15, -0.1) is 11.3 Å². The Labute approximate surface area is 130 Å². The number of ether oxygens (including phenoxy) is 1. The van der Waals surface area contributed by atoms with Gasteiger partial charge in [0.15, 0.2) is 6.61 Å². The lowest BCUT2D eigenvalue weighted by Gasteiger charge is -2.07. The zero-order valence-corrected chi connectivity index (χ0v) is 12.9. The fourth-order valence-electron chi connectivity index (χ4n) is 2.24. The zero-order valence-electron chi connectivity index (χ0n) is 12.0. The molecule has 0 aliphatic heterocycles. The minimum atomic E-state index is -0.111. The minimum absolute atomic E-state index is 0.0499. The lowest BCUT2D eigenvalue weighted by Crippen LogP contribution is -2.07. The standard InChI is InChI=1S/C16H12N2O3S/c1-9-5-11(20-4-3-17)6-13-14(9)15(19)12(7-21-13)16-18-10(2)8-22-16/h5-8H,4H2,1-2H3. The molecule has 110 valence electrons. The van der Waals surface area contributed by atoms with E-state index < -0.39 is 0 Å². The fraction of sp³-hybridized carbons (Fsp3) is 0.188. The van der Waals surface area contributed by atoms with Crippen molar-refractivity contribution in [3.63, 3.8) is 0 Å². The van der Waals surface area contributed by atoms with Crippen molar-refractivity contribution in [3.05, 3.63) is 45.3 Å². The number of hydrogen-bond donors (Lipinski definition) is 0. The van der Waals surface area contributed by atoms with E-state index in [0.29, 0.717) is 27.3 Å². The van der Waals surface area contributed by atoms with Crippen LogP contribution in [0.15, 0.2) is 33.0 Å². The number of benzene rings is 1. The highest BCUT2D eigenvalue weighted by atomic mass is 32.1. The molecular formula is C16H12N2O3S. The van der Waals surface area contributed by atoms with Gasteiger partial charge in [-0.2, -0.15) is 5.26 Å². The summed E-state index contributed by atoms with van der Waals surface area (Å²) >= 11 is 1.41. The number of fused-ring (bicyclic) bond motifs is 1. The summed E-state index contributed by atoms with van der Waals surface area (Å²) in [6.07, 6.45) is 1.43. The van der Waals surface area contributed by atoms with Crippen molar-refractivity contribution in [1.29, 1.82) is 5.26 Å². The molecule has 2 aromatic heterocycles. The van der Waals surface area contributed by atoms with Crippen LogP contribution in [0.5, 0.6) is 5.75 Å². The molecular weight excluding hydrogens is 300 g/mol. The van der Waals surface area contributed by atoms with Crippen LogP contribution >= 0.6 is 11.3 Å². The summed E-state index contributed by atoms with van der Waals surface area (Å²) in [5, 5.41) is 11.6. The molecule has 0 aliphatic rings. The maximum absolute atomic E-state index is 12.7. The molecule has 0 radical (unpaired) electrons. The van der Waals surface area contributed by atoms with E-state index in [-0.39, 0.29) is 12.0 Å². The summed E-state index contributed by atoms with van der Waals surface area (Å²) in [6, 6.07) is 5.26. The van der Waals surface area contributed by atoms with E-state index in [2.05, 4.69) is 4.98 Å². The average molecular weight is 312 g/mol. The second-order valence-corrected chi connectivity index (χ2v) is 5.69. The Kier molecular flexibility index (Phi) is 3.65. The third kappa shape index (κ3) is 2.47. The Morgan fingerprint density at radius 1 is 1.41 bits per heavy atom. The second-order valence-electron chi connectivity index (χ2n) is 4.83. The summed E-state index contributed by atoms with van der Waals surface area (Å²) in [5.74, 6) is 0.507. The first-order chi connectivity index (χ1) is 10.6. The summed E-state index contributed by atoms with van der Waals surface area (Å²) in [7, 11) is 0. The van der Waals surface area contributed by atoms with Gasteiger partial charge in [-0.05, 0) is 25.5 Å². The molecule has 0 saturated carbocycles. The van der Waals surface area contributed by atoms with Crippen LogP contribution in [0.1, 0.15) is 11.3 Å². The number of thiazole rings is 1. The van der Waals surface area contributed by atoms with Gasteiger partial charge in [-0.1, -0.05) is 0 Å². The smallest absolute Gasteiger partial charge is 0.203 e. The highest BCUT2D eigenvalue weighted by molar-refractivity contribution is 7.13. The molecule has 1 aromatic carbocycles. The largest absolute Gasteiger partial charge is 0.479 e. The molecule has 0 amide bonds. The number of aryl methyl sites for hydroxylation is 2. The predicted molar refractivity (Wildman–Crippen MR) is 84.2 cm³/mol. The number of hydrogen-bond acceptors (Lipinski definition) is 6. The average Bonchev–Trinajstić information content (AvgIpc) is 2.91. The first kappa shape index (κ1) is 14.3. The van der Waals surface area contributed by atoms with Crippen LogP contribution in [0.4, 0.5) is 0 Å². The van der Waals surface area contributed by atoms with Crippen molar-refractivity contribution in [2.45, 2.75) is 13.8 Å². The molecule has 0 spiro atoms. The maximum Gasteiger partial charge on any atom is 0.203 e. The molecule has 2 heterocycles. The molecule has 0 bridgehead atoms. The van der Waals surface area contributed by atoms with E-state index >= 15 is 0 Å². The third-order valence-corrected chi connectivity index (χ3v) is 4.19. The molecule has 0 aliphatic carbocycles. The maximum atomic E-state index is 12.7. The van der Waals surface area contributed by atoms with Gasteiger partial charge in [0, 0.05) is 17.1 Å². The first-order valence-electron chi connectivity index (χ1n) is 6.58. The Bertz CT molecular complexity index is 950. The highest BCUT2D eigenvalue weighted by Gasteiger charge is 2.14. The van der Waals surface area contributed by atoms with Crippen LogP contribution < -0.4 is 10.2 Å². The van der Waals surface area contributed by atoms with Crippen molar-refractivity contribution in [1.82, 2.24) is 4.98 Å². The van der Waals surface area contributed by atoms with Crippen molar-refractivity contribution >= 4 is 22.3 Å². The molecule has 6 heteroatoms. The lowest BCUT2D eigenvalue weighted by molar-refractivity contribution is 0.367. The second kappa shape index (κ2) is 5.62. The van der Waals surface area contributed by atoms with E-state index in [9.17, 15) is 4.79 Å². The SMILES string of the molecule is Cc1csc(-c2coc3cc(OCC#N)cc(C)c3c2=O)n1. The normalized spacial score (nSPS) is 10.6. The van der Waals surface area contributed by atoms with E-state index in [4.69, 9.17) is 14.4 Å². The van der Waals surface area contributed by atoms with E-state index in [0.717, 1.165) is 11.3 Å². The third-order valence-electron chi connectivity index (χ3n) is 3.20. The Morgan fingerprint density at radius 3 is 2.91 bits per heavy atom. The quantitative estimate of drug-likeness (QED) is 0.740. The van der Waals surface area contributed by atoms with Gasteiger partial charge in [-0.3, -0.25) is 4.79 Å². The molecule has 0 fully saturated rings. The van der Waals surface area contributed by atoms with Gasteiger partial charge in [0.2, 0.25) is 5.43 Å². The molecule has 22 heavy (non-hydrogen) atoms. The monoisotopic (exact) mass is 312 g/mol. The highest BCUT2D eigenvalue weighted by Crippen LogP contribution is 2.27. The molecule has 0 N–H and O–H groups in total. The van der Waals surface area contributed by atoms with Crippen molar-refractivity contribution in [2.75, 3.05) is 6.61 Å². The van der Waals surface area contributed by atoms with Gasteiger partial charge in [0.25, 0.3) is 0 Å². The van der Waals surface area contributed by atoms with Crippen molar-refractivity contribution in [3.8, 4) is 22.4 Å². The molecule has 3 aromatic rings. The Morgan fingerprint density at radius 2 is 2.23 bits per heavy atom. The number of aromatic nitrogens is 1. The minimum Gasteiger partial charge on any atom is -0.479 e. The summed E-state index contributed by atoms with van der Waals surface area (Å²) in [5.41, 5.74) is 2.40. The van der Waals surface area contributed by atoms with E-state index in [1.165, 1.54) is 17.6 Å². The van der Waals surface area contributed by atoms with E-state index in [1.54, 1.807) is 12.1 Å². The zero-order chi connectivity index (χ0) is 15.7. The Balaban J connectivity index is 2.18. The first-order valence-corrected chi connectivity index (χ1v) is 7.46.